The maximum atomic E-state index is 4.44. The molecule has 13 heavy (non-hydrogen) atoms. The molecule has 1 saturated heterocycles. The van der Waals surface area contributed by atoms with Crippen LogP contribution in [-0.4, -0.2) is 22.6 Å². The standard InChI is InChI=1S/C9H14BrN3/c1-2-13-8(10)6-12-9(13)7-3-4-11-5-7/h6-7,11H,2-5H2,1H3. The number of hydrogen-bond acceptors (Lipinski definition) is 2. The third kappa shape index (κ3) is 1.65. The van der Waals surface area contributed by atoms with E-state index in [2.05, 4.69) is 37.7 Å². The van der Waals surface area contributed by atoms with Gasteiger partial charge in [-0.2, -0.15) is 0 Å². The molecule has 1 atom stereocenters. The van der Waals surface area contributed by atoms with Crippen molar-refractivity contribution in [1.82, 2.24) is 14.9 Å². The molecule has 4 heteroatoms. The molecule has 1 aliphatic rings. The van der Waals surface area contributed by atoms with Crippen LogP contribution >= 0.6 is 15.9 Å². The first-order chi connectivity index (χ1) is 6.33. The molecule has 1 unspecified atom stereocenters. The summed E-state index contributed by atoms with van der Waals surface area (Å²) < 4.78 is 3.33. The first kappa shape index (κ1) is 9.21. The summed E-state index contributed by atoms with van der Waals surface area (Å²) in [4.78, 5) is 4.44. The average Bonchev–Trinajstić information content (AvgIpc) is 2.71. The number of imidazole rings is 1. The molecule has 2 heterocycles. The molecule has 0 aromatic carbocycles. The predicted octanol–water partition coefficient (Wildman–Crippen LogP) is 1.74. The molecule has 1 aromatic rings. The molecule has 0 aliphatic carbocycles. The van der Waals surface area contributed by atoms with Gasteiger partial charge in [-0.25, -0.2) is 4.98 Å². The van der Waals surface area contributed by atoms with Gasteiger partial charge in [0.1, 0.15) is 10.4 Å². The minimum Gasteiger partial charge on any atom is -0.323 e. The lowest BCUT2D eigenvalue weighted by molar-refractivity contribution is 0.613. The van der Waals surface area contributed by atoms with Gasteiger partial charge in [-0.05, 0) is 35.8 Å². The number of aromatic nitrogens is 2. The van der Waals surface area contributed by atoms with Gasteiger partial charge in [0.25, 0.3) is 0 Å². The van der Waals surface area contributed by atoms with Crippen LogP contribution in [0.25, 0.3) is 0 Å². The third-order valence-corrected chi connectivity index (χ3v) is 3.21. The molecule has 0 radical (unpaired) electrons. The minimum atomic E-state index is 0.603. The molecule has 72 valence electrons. The van der Waals surface area contributed by atoms with E-state index < -0.39 is 0 Å². The second-order valence-corrected chi connectivity index (χ2v) is 4.19. The summed E-state index contributed by atoms with van der Waals surface area (Å²) in [5, 5.41) is 3.36. The van der Waals surface area contributed by atoms with E-state index in [4.69, 9.17) is 0 Å². The van der Waals surface area contributed by atoms with Gasteiger partial charge in [-0.1, -0.05) is 0 Å². The number of rotatable bonds is 2. The molecule has 1 aliphatic heterocycles. The molecule has 0 spiro atoms. The molecular formula is C9H14BrN3. The van der Waals surface area contributed by atoms with Crippen molar-refractivity contribution in [3.05, 3.63) is 16.6 Å². The molecule has 1 aromatic heterocycles. The van der Waals surface area contributed by atoms with Crippen LogP contribution in [-0.2, 0) is 6.54 Å². The largest absolute Gasteiger partial charge is 0.323 e. The van der Waals surface area contributed by atoms with Crippen molar-refractivity contribution in [3.63, 3.8) is 0 Å². The third-order valence-electron chi connectivity index (χ3n) is 2.58. The van der Waals surface area contributed by atoms with Crippen molar-refractivity contribution in [3.8, 4) is 0 Å². The Labute approximate surface area is 86.7 Å². The fraction of sp³-hybridized carbons (Fsp3) is 0.667. The topological polar surface area (TPSA) is 29.9 Å². The van der Waals surface area contributed by atoms with Gasteiger partial charge >= 0.3 is 0 Å². The van der Waals surface area contributed by atoms with E-state index in [0.717, 1.165) is 24.2 Å². The number of nitrogens with zero attached hydrogens (tertiary/aromatic N) is 2. The van der Waals surface area contributed by atoms with Crippen LogP contribution in [0.1, 0.15) is 25.1 Å². The van der Waals surface area contributed by atoms with Gasteiger partial charge in [0.2, 0.25) is 0 Å². The normalized spacial score (nSPS) is 22.5. The van der Waals surface area contributed by atoms with Gasteiger partial charge in [-0.3, -0.25) is 0 Å². The Kier molecular flexibility index (Phi) is 2.69. The highest BCUT2D eigenvalue weighted by molar-refractivity contribution is 9.10. The highest BCUT2D eigenvalue weighted by atomic mass is 79.9. The van der Waals surface area contributed by atoms with Gasteiger partial charge in [0.15, 0.2) is 0 Å². The van der Waals surface area contributed by atoms with E-state index >= 15 is 0 Å². The Hall–Kier alpha value is -0.350. The fourth-order valence-corrected chi connectivity index (χ4v) is 2.42. The molecule has 3 nitrogen and oxygen atoms in total. The summed E-state index contributed by atoms with van der Waals surface area (Å²) in [5.41, 5.74) is 0. The summed E-state index contributed by atoms with van der Waals surface area (Å²) in [7, 11) is 0. The summed E-state index contributed by atoms with van der Waals surface area (Å²) >= 11 is 3.50. The molecule has 2 rings (SSSR count). The Bertz CT molecular complexity index is 289. The van der Waals surface area contributed by atoms with Crippen LogP contribution in [0.2, 0.25) is 0 Å². The van der Waals surface area contributed by atoms with Crippen LogP contribution in [0, 0.1) is 0 Å². The van der Waals surface area contributed by atoms with Crippen molar-refractivity contribution in [2.75, 3.05) is 13.1 Å². The smallest absolute Gasteiger partial charge is 0.113 e. The van der Waals surface area contributed by atoms with Gasteiger partial charge in [-0.15, -0.1) is 0 Å². The lowest BCUT2D eigenvalue weighted by atomic mass is 10.1. The van der Waals surface area contributed by atoms with E-state index in [0.29, 0.717) is 5.92 Å². The van der Waals surface area contributed by atoms with Gasteiger partial charge < -0.3 is 9.88 Å². The van der Waals surface area contributed by atoms with Crippen LogP contribution in [0.4, 0.5) is 0 Å². The zero-order chi connectivity index (χ0) is 9.26. The zero-order valence-corrected chi connectivity index (χ0v) is 9.34. The molecule has 0 bridgehead atoms. The lowest BCUT2D eigenvalue weighted by Crippen LogP contribution is -2.12. The number of nitrogens with one attached hydrogen (secondary N) is 1. The van der Waals surface area contributed by atoms with E-state index in [1.165, 1.54) is 12.2 Å². The van der Waals surface area contributed by atoms with Crippen molar-refractivity contribution in [1.29, 1.82) is 0 Å². The van der Waals surface area contributed by atoms with Crippen LogP contribution in [0.5, 0.6) is 0 Å². The Morgan fingerprint density at radius 3 is 3.23 bits per heavy atom. The van der Waals surface area contributed by atoms with Crippen LogP contribution in [0.3, 0.4) is 0 Å². The first-order valence-electron chi connectivity index (χ1n) is 4.74. The lowest BCUT2D eigenvalue weighted by Gasteiger charge is -2.10. The van der Waals surface area contributed by atoms with Crippen molar-refractivity contribution in [2.45, 2.75) is 25.8 Å². The number of halogens is 1. The van der Waals surface area contributed by atoms with E-state index in [1.807, 2.05) is 6.20 Å². The van der Waals surface area contributed by atoms with Crippen LogP contribution in [0.15, 0.2) is 10.8 Å². The Morgan fingerprint density at radius 1 is 1.77 bits per heavy atom. The summed E-state index contributed by atoms with van der Waals surface area (Å²) in [6.45, 7) is 5.34. The van der Waals surface area contributed by atoms with Crippen molar-refractivity contribution in [2.24, 2.45) is 0 Å². The van der Waals surface area contributed by atoms with Gasteiger partial charge in [0, 0.05) is 19.0 Å². The maximum Gasteiger partial charge on any atom is 0.113 e. The fourth-order valence-electron chi connectivity index (χ4n) is 1.88. The van der Waals surface area contributed by atoms with Crippen molar-refractivity contribution < 1.29 is 0 Å². The highest BCUT2D eigenvalue weighted by Gasteiger charge is 2.21. The van der Waals surface area contributed by atoms with Gasteiger partial charge in [0.05, 0.1) is 6.20 Å². The second kappa shape index (κ2) is 3.80. The summed E-state index contributed by atoms with van der Waals surface area (Å²) in [6, 6.07) is 0. The maximum absolute atomic E-state index is 4.44. The minimum absolute atomic E-state index is 0.603. The summed E-state index contributed by atoms with van der Waals surface area (Å²) in [6.07, 6.45) is 3.11. The van der Waals surface area contributed by atoms with E-state index in [-0.39, 0.29) is 0 Å². The molecule has 1 fully saturated rings. The molecule has 0 amide bonds. The zero-order valence-electron chi connectivity index (χ0n) is 7.76. The molecular weight excluding hydrogens is 230 g/mol. The number of hydrogen-bond donors (Lipinski definition) is 1. The SMILES string of the molecule is CCn1c(Br)cnc1C1CCNC1. The molecule has 1 N–H and O–H groups in total. The quantitative estimate of drug-likeness (QED) is 0.858. The predicted molar refractivity (Wildman–Crippen MR) is 55.8 cm³/mol. The second-order valence-electron chi connectivity index (χ2n) is 3.37. The van der Waals surface area contributed by atoms with Crippen molar-refractivity contribution >= 4 is 15.9 Å². The average molecular weight is 244 g/mol. The highest BCUT2D eigenvalue weighted by Crippen LogP contribution is 2.24. The van der Waals surface area contributed by atoms with Crippen LogP contribution < -0.4 is 5.32 Å². The summed E-state index contributed by atoms with van der Waals surface area (Å²) in [5.74, 6) is 1.82. The van der Waals surface area contributed by atoms with E-state index in [1.54, 1.807) is 0 Å². The monoisotopic (exact) mass is 243 g/mol. The first-order valence-corrected chi connectivity index (χ1v) is 5.54. The molecule has 0 saturated carbocycles. The van der Waals surface area contributed by atoms with E-state index in [9.17, 15) is 0 Å². The Balaban J connectivity index is 2.27. The Morgan fingerprint density at radius 2 is 2.62 bits per heavy atom.